The number of rotatable bonds is 3. The Morgan fingerprint density at radius 2 is 2.03 bits per heavy atom. The van der Waals surface area contributed by atoms with Crippen LogP contribution in [0.2, 0.25) is 0 Å². The largest absolute Gasteiger partial charge is 0.462 e. The number of ether oxygens (including phenoxy) is 2. The van der Waals surface area contributed by atoms with Gasteiger partial charge in [0, 0.05) is 17.4 Å². The highest BCUT2D eigenvalue weighted by atomic mass is 19.1. The normalized spacial score (nSPS) is 24.9. The molecule has 3 N–H and O–H groups in total. The SMILES string of the molecule is [C-]#[N+]c1cnc(C(=O)Nc2ccc(F)c([C@]34COC[C@@]3(F)COC(N)=N4)c2)c(F)c1. The van der Waals surface area contributed by atoms with Crippen molar-refractivity contribution in [2.24, 2.45) is 10.7 Å². The number of nitrogens with zero attached hydrogens (tertiary/aromatic N) is 3. The molecule has 2 atom stereocenters. The molecule has 0 radical (unpaired) electrons. The number of aromatic nitrogens is 1. The molecule has 1 fully saturated rings. The highest BCUT2D eigenvalue weighted by Gasteiger charge is 2.62. The molecule has 8 nitrogen and oxygen atoms in total. The van der Waals surface area contributed by atoms with Crippen LogP contribution in [-0.4, -0.2) is 42.4 Å². The predicted molar refractivity (Wildman–Crippen MR) is 98.7 cm³/mol. The van der Waals surface area contributed by atoms with E-state index in [0.717, 1.165) is 18.3 Å². The zero-order valence-electron chi connectivity index (χ0n) is 15.3. The fraction of sp³-hybridized carbons (Fsp3) is 0.263. The number of anilines is 1. The van der Waals surface area contributed by atoms with Crippen molar-refractivity contribution in [3.63, 3.8) is 0 Å². The summed E-state index contributed by atoms with van der Waals surface area (Å²) in [6.07, 6.45) is 1.05. The molecule has 3 heterocycles. The summed E-state index contributed by atoms with van der Waals surface area (Å²) in [6, 6.07) is 3.99. The molecule has 0 saturated carbocycles. The van der Waals surface area contributed by atoms with Crippen LogP contribution in [0.4, 0.5) is 24.5 Å². The summed E-state index contributed by atoms with van der Waals surface area (Å²) in [5, 5.41) is 2.38. The molecule has 11 heteroatoms. The zero-order valence-corrected chi connectivity index (χ0v) is 15.3. The number of halogens is 3. The summed E-state index contributed by atoms with van der Waals surface area (Å²) in [4.78, 5) is 23.1. The van der Waals surface area contributed by atoms with Crippen LogP contribution in [0.15, 0.2) is 35.5 Å². The second kappa shape index (κ2) is 7.00. The number of hydrogen-bond acceptors (Lipinski definition) is 6. The van der Waals surface area contributed by atoms with Crippen molar-refractivity contribution < 1.29 is 27.4 Å². The molecule has 2 aromatic rings. The van der Waals surface area contributed by atoms with E-state index in [0.29, 0.717) is 0 Å². The third kappa shape index (κ3) is 3.02. The Labute approximate surface area is 168 Å². The van der Waals surface area contributed by atoms with Crippen molar-refractivity contribution in [1.82, 2.24) is 4.98 Å². The van der Waals surface area contributed by atoms with E-state index < -0.39 is 41.1 Å². The summed E-state index contributed by atoms with van der Waals surface area (Å²) in [5.74, 6) is -2.70. The molecule has 4 rings (SSSR count). The summed E-state index contributed by atoms with van der Waals surface area (Å²) in [6.45, 7) is 5.71. The van der Waals surface area contributed by atoms with Gasteiger partial charge in [-0.05, 0) is 24.3 Å². The Balaban J connectivity index is 1.70. The third-order valence-corrected chi connectivity index (χ3v) is 4.97. The Bertz CT molecular complexity index is 1120. The maximum Gasteiger partial charge on any atom is 0.283 e. The van der Waals surface area contributed by atoms with E-state index in [2.05, 4.69) is 20.1 Å². The summed E-state index contributed by atoms with van der Waals surface area (Å²) in [5.41, 5.74) is 0.886. The lowest BCUT2D eigenvalue weighted by atomic mass is 9.78. The molecule has 30 heavy (non-hydrogen) atoms. The molecule has 1 amide bonds. The number of benzene rings is 1. The van der Waals surface area contributed by atoms with Gasteiger partial charge in [0.1, 0.15) is 18.2 Å². The van der Waals surface area contributed by atoms with Gasteiger partial charge in [-0.25, -0.2) is 23.0 Å². The fourth-order valence-electron chi connectivity index (χ4n) is 3.46. The molecule has 2 aliphatic rings. The topological polar surface area (TPSA) is 103 Å². The second-order valence-corrected chi connectivity index (χ2v) is 6.84. The number of fused-ring (bicyclic) bond motifs is 1. The average Bonchev–Trinajstić information content (AvgIpc) is 3.06. The first kappa shape index (κ1) is 19.7. The van der Waals surface area contributed by atoms with E-state index in [1.54, 1.807) is 0 Å². The lowest BCUT2D eigenvalue weighted by Crippen LogP contribution is -2.55. The van der Waals surface area contributed by atoms with Crippen molar-refractivity contribution in [3.05, 3.63) is 64.8 Å². The van der Waals surface area contributed by atoms with E-state index >= 15 is 4.39 Å². The lowest BCUT2D eigenvalue weighted by Gasteiger charge is -2.38. The molecule has 1 aromatic carbocycles. The Morgan fingerprint density at radius 3 is 2.77 bits per heavy atom. The van der Waals surface area contributed by atoms with Gasteiger partial charge in [-0.15, -0.1) is 0 Å². The smallest absolute Gasteiger partial charge is 0.283 e. The van der Waals surface area contributed by atoms with Crippen molar-refractivity contribution in [3.8, 4) is 0 Å². The third-order valence-electron chi connectivity index (χ3n) is 4.97. The van der Waals surface area contributed by atoms with Gasteiger partial charge in [0.25, 0.3) is 11.9 Å². The van der Waals surface area contributed by atoms with E-state index in [-0.39, 0.29) is 36.2 Å². The molecule has 0 unspecified atom stereocenters. The number of hydrogen-bond donors (Lipinski definition) is 2. The highest BCUT2D eigenvalue weighted by molar-refractivity contribution is 6.03. The second-order valence-electron chi connectivity index (χ2n) is 6.84. The fourth-order valence-corrected chi connectivity index (χ4v) is 3.46. The summed E-state index contributed by atoms with van der Waals surface area (Å²) < 4.78 is 54.4. The predicted octanol–water partition coefficient (Wildman–Crippen LogP) is 2.44. The number of carbonyl (C=O) groups is 1. The number of amides is 1. The molecule has 154 valence electrons. The quantitative estimate of drug-likeness (QED) is 0.747. The van der Waals surface area contributed by atoms with Gasteiger partial charge >= 0.3 is 0 Å². The van der Waals surface area contributed by atoms with Crippen LogP contribution in [-0.2, 0) is 15.0 Å². The van der Waals surface area contributed by atoms with Gasteiger partial charge in [0.05, 0.1) is 19.8 Å². The summed E-state index contributed by atoms with van der Waals surface area (Å²) in [7, 11) is 0. The maximum absolute atomic E-state index is 15.5. The molecule has 0 bridgehead atoms. The van der Waals surface area contributed by atoms with Gasteiger partial charge in [-0.1, -0.05) is 0 Å². The summed E-state index contributed by atoms with van der Waals surface area (Å²) >= 11 is 0. The minimum Gasteiger partial charge on any atom is -0.462 e. The van der Waals surface area contributed by atoms with Crippen LogP contribution in [0.3, 0.4) is 0 Å². The van der Waals surface area contributed by atoms with Crippen LogP contribution in [0, 0.1) is 18.2 Å². The lowest BCUT2D eigenvalue weighted by molar-refractivity contribution is 0.00905. The van der Waals surface area contributed by atoms with E-state index in [4.69, 9.17) is 21.8 Å². The van der Waals surface area contributed by atoms with Gasteiger partial charge in [-0.3, -0.25) is 9.78 Å². The van der Waals surface area contributed by atoms with Gasteiger partial charge in [-0.2, -0.15) is 0 Å². The van der Waals surface area contributed by atoms with E-state index in [9.17, 15) is 13.6 Å². The Morgan fingerprint density at radius 1 is 1.23 bits per heavy atom. The van der Waals surface area contributed by atoms with E-state index in [1.165, 1.54) is 12.1 Å². The molecule has 1 saturated heterocycles. The first-order valence-electron chi connectivity index (χ1n) is 8.67. The number of alkyl halides is 1. The van der Waals surface area contributed by atoms with Crippen molar-refractivity contribution >= 4 is 23.3 Å². The average molecular weight is 417 g/mol. The number of pyridine rings is 1. The van der Waals surface area contributed by atoms with Gasteiger partial charge in [0.2, 0.25) is 5.69 Å². The molecule has 2 aliphatic heterocycles. The number of carbonyl (C=O) groups excluding carboxylic acids is 1. The number of nitrogens with one attached hydrogen (secondary N) is 1. The van der Waals surface area contributed by atoms with Crippen LogP contribution in [0.1, 0.15) is 16.1 Å². The van der Waals surface area contributed by atoms with Crippen LogP contribution in [0.25, 0.3) is 4.85 Å². The number of aliphatic imine (C=N–C) groups is 1. The van der Waals surface area contributed by atoms with Crippen LogP contribution < -0.4 is 11.1 Å². The number of nitrogens with two attached hydrogens (primary N) is 1. The molecular formula is C19H14F3N5O3. The van der Waals surface area contributed by atoms with Crippen molar-refractivity contribution in [1.29, 1.82) is 0 Å². The molecule has 0 aliphatic carbocycles. The monoisotopic (exact) mass is 417 g/mol. The van der Waals surface area contributed by atoms with Gasteiger partial charge in [0.15, 0.2) is 16.9 Å². The maximum atomic E-state index is 15.5. The molecule has 1 aromatic heterocycles. The first-order valence-corrected chi connectivity index (χ1v) is 8.67. The van der Waals surface area contributed by atoms with Crippen molar-refractivity contribution in [2.75, 3.05) is 25.1 Å². The first-order chi connectivity index (χ1) is 14.3. The number of amidine groups is 1. The molecule has 0 spiro atoms. The standard InChI is InChI=1S/C19H14F3N5O3/c1-24-11-5-14(21)15(25-6-11)16(28)26-10-2-3-13(20)12(4-10)19-9-29-7-18(19,22)8-30-17(23)27-19/h2-6H,7-9H2,(H2,23,27)(H,26,28)/t18-,19-/m1/s1. The highest BCUT2D eigenvalue weighted by Crippen LogP contribution is 2.48. The Kier molecular flexibility index (Phi) is 4.58. The minimum absolute atomic E-state index is 0.0516. The van der Waals surface area contributed by atoms with Crippen LogP contribution >= 0.6 is 0 Å². The molecular weight excluding hydrogens is 403 g/mol. The van der Waals surface area contributed by atoms with Gasteiger partial charge < -0.3 is 20.5 Å². The van der Waals surface area contributed by atoms with Crippen molar-refractivity contribution in [2.45, 2.75) is 11.2 Å². The Hall–Kier alpha value is -3.65. The van der Waals surface area contributed by atoms with Crippen LogP contribution in [0.5, 0.6) is 0 Å². The van der Waals surface area contributed by atoms with E-state index in [1.807, 2.05) is 0 Å². The zero-order chi connectivity index (χ0) is 21.5. The minimum atomic E-state index is -2.16.